The van der Waals surface area contributed by atoms with Gasteiger partial charge in [0, 0.05) is 12.6 Å². The third kappa shape index (κ3) is 4.39. The van der Waals surface area contributed by atoms with E-state index in [9.17, 15) is 14.7 Å². The van der Waals surface area contributed by atoms with Gasteiger partial charge in [-0.1, -0.05) is 33.6 Å². The number of unbranched alkanes of at least 4 members (excludes halogenated alkanes) is 1. The Morgan fingerprint density at radius 3 is 2.55 bits per heavy atom. The average molecular weight is 284 g/mol. The van der Waals surface area contributed by atoms with Crippen molar-refractivity contribution in [2.75, 3.05) is 6.54 Å². The van der Waals surface area contributed by atoms with Crippen LogP contribution in [0.25, 0.3) is 0 Å². The molecule has 116 valence electrons. The zero-order valence-electron chi connectivity index (χ0n) is 13.1. The molecule has 4 unspecified atom stereocenters. The molecule has 1 aliphatic heterocycles. The van der Waals surface area contributed by atoms with E-state index in [0.29, 0.717) is 24.8 Å². The van der Waals surface area contributed by atoms with Gasteiger partial charge in [-0.05, 0) is 31.6 Å². The number of urea groups is 1. The zero-order chi connectivity index (χ0) is 15.3. The molecule has 5 nitrogen and oxygen atoms in total. The summed E-state index contributed by atoms with van der Waals surface area (Å²) in [5.74, 6) is -0.0353. The second-order valence-corrected chi connectivity index (χ2v) is 6.19. The Balaban J connectivity index is 2.65. The highest BCUT2D eigenvalue weighted by Crippen LogP contribution is 2.26. The van der Waals surface area contributed by atoms with Gasteiger partial charge in [0.15, 0.2) is 0 Å². The zero-order valence-corrected chi connectivity index (χ0v) is 13.1. The highest BCUT2D eigenvalue weighted by molar-refractivity contribution is 5.82. The summed E-state index contributed by atoms with van der Waals surface area (Å²) in [6, 6.07) is -0.853. The molecule has 0 bridgehead atoms. The van der Waals surface area contributed by atoms with E-state index < -0.39 is 12.0 Å². The fourth-order valence-electron chi connectivity index (χ4n) is 2.88. The molecular weight excluding hydrogens is 256 g/mol. The summed E-state index contributed by atoms with van der Waals surface area (Å²) in [6.07, 6.45) is 3.33. The minimum atomic E-state index is -0.947. The first kappa shape index (κ1) is 16.8. The molecular formula is C15H28N2O3. The van der Waals surface area contributed by atoms with Crippen LogP contribution < -0.4 is 5.32 Å². The van der Waals surface area contributed by atoms with Crippen molar-refractivity contribution in [1.29, 1.82) is 0 Å². The number of piperidine rings is 1. The summed E-state index contributed by atoms with van der Waals surface area (Å²) in [4.78, 5) is 25.3. The van der Waals surface area contributed by atoms with Gasteiger partial charge < -0.3 is 15.3 Å². The maximum absolute atomic E-state index is 12.3. The van der Waals surface area contributed by atoms with Crippen LogP contribution >= 0.6 is 0 Å². The molecule has 1 heterocycles. The van der Waals surface area contributed by atoms with E-state index in [0.717, 1.165) is 19.3 Å². The van der Waals surface area contributed by atoms with Gasteiger partial charge in [-0.15, -0.1) is 0 Å². The lowest BCUT2D eigenvalue weighted by Crippen LogP contribution is -2.55. The molecule has 2 N–H and O–H groups in total. The molecule has 1 fully saturated rings. The van der Waals surface area contributed by atoms with Crippen LogP contribution in [0.1, 0.15) is 53.4 Å². The van der Waals surface area contributed by atoms with Gasteiger partial charge in [0.1, 0.15) is 6.04 Å². The van der Waals surface area contributed by atoms with Crippen LogP contribution in [0.3, 0.4) is 0 Å². The molecule has 1 saturated heterocycles. The van der Waals surface area contributed by atoms with Crippen molar-refractivity contribution < 1.29 is 14.7 Å². The number of likely N-dealkylation sites (tertiary alicyclic amines) is 1. The van der Waals surface area contributed by atoms with Gasteiger partial charge >= 0.3 is 12.0 Å². The quantitative estimate of drug-likeness (QED) is 0.815. The van der Waals surface area contributed by atoms with Gasteiger partial charge in [0.2, 0.25) is 0 Å². The Kier molecular flexibility index (Phi) is 6.30. The highest BCUT2D eigenvalue weighted by atomic mass is 16.4. The van der Waals surface area contributed by atoms with Crippen molar-refractivity contribution in [2.24, 2.45) is 11.8 Å². The first-order chi connectivity index (χ1) is 9.36. The molecule has 0 aromatic carbocycles. The number of aliphatic carboxylic acids is 1. The lowest BCUT2D eigenvalue weighted by molar-refractivity contribution is -0.139. The third-order valence-corrected chi connectivity index (χ3v) is 4.30. The monoisotopic (exact) mass is 284 g/mol. The summed E-state index contributed by atoms with van der Waals surface area (Å²) in [5.41, 5.74) is 0. The van der Waals surface area contributed by atoms with Crippen LogP contribution in [0.4, 0.5) is 4.79 Å². The Labute approximate surface area is 121 Å². The van der Waals surface area contributed by atoms with E-state index in [1.165, 1.54) is 0 Å². The SMILES string of the molecule is CCCCC(NC(=O)N1CC(C)CC(C)C1C)C(=O)O. The topological polar surface area (TPSA) is 69.6 Å². The summed E-state index contributed by atoms with van der Waals surface area (Å²) in [5, 5.41) is 11.9. The predicted octanol–water partition coefficient (Wildman–Crippen LogP) is 2.71. The van der Waals surface area contributed by atoms with Crippen LogP contribution in [0, 0.1) is 11.8 Å². The van der Waals surface area contributed by atoms with Gasteiger partial charge in [-0.3, -0.25) is 0 Å². The maximum atomic E-state index is 12.3. The minimum Gasteiger partial charge on any atom is -0.480 e. The first-order valence-electron chi connectivity index (χ1n) is 7.66. The van der Waals surface area contributed by atoms with Crippen LogP contribution in [-0.4, -0.2) is 40.6 Å². The Hall–Kier alpha value is -1.26. The van der Waals surface area contributed by atoms with E-state index in [2.05, 4.69) is 19.2 Å². The minimum absolute atomic E-state index is 0.159. The summed E-state index contributed by atoms with van der Waals surface area (Å²) in [7, 11) is 0. The van der Waals surface area contributed by atoms with Gasteiger partial charge in [0.05, 0.1) is 0 Å². The standard InChI is InChI=1S/C15H28N2O3/c1-5-6-7-13(14(18)19)16-15(20)17-9-10(2)8-11(3)12(17)4/h10-13H,5-9H2,1-4H3,(H,16,20)(H,18,19). The molecule has 0 aliphatic carbocycles. The van der Waals surface area contributed by atoms with Crippen LogP contribution in [0.15, 0.2) is 0 Å². The van der Waals surface area contributed by atoms with Crippen molar-refractivity contribution >= 4 is 12.0 Å². The van der Waals surface area contributed by atoms with Crippen molar-refractivity contribution in [2.45, 2.75) is 65.5 Å². The predicted molar refractivity (Wildman–Crippen MR) is 78.6 cm³/mol. The number of carboxylic acids is 1. The van der Waals surface area contributed by atoms with Crippen molar-refractivity contribution in [3.05, 3.63) is 0 Å². The van der Waals surface area contributed by atoms with Crippen molar-refractivity contribution in [3.8, 4) is 0 Å². The Morgan fingerprint density at radius 1 is 1.35 bits per heavy atom. The number of carboxylic acid groups (broad SMARTS) is 1. The third-order valence-electron chi connectivity index (χ3n) is 4.30. The van der Waals surface area contributed by atoms with Crippen LogP contribution in [-0.2, 0) is 4.79 Å². The van der Waals surface area contributed by atoms with Crippen molar-refractivity contribution in [3.63, 3.8) is 0 Å². The smallest absolute Gasteiger partial charge is 0.326 e. The number of amides is 2. The molecule has 0 aromatic heterocycles. The number of hydrogen-bond acceptors (Lipinski definition) is 2. The van der Waals surface area contributed by atoms with E-state index in [4.69, 9.17) is 0 Å². The van der Waals surface area contributed by atoms with Gasteiger partial charge in [0.25, 0.3) is 0 Å². The number of carbonyl (C=O) groups excluding carboxylic acids is 1. The molecule has 0 spiro atoms. The normalized spacial score (nSPS) is 28.0. The van der Waals surface area contributed by atoms with Crippen LogP contribution in [0.5, 0.6) is 0 Å². The van der Waals surface area contributed by atoms with E-state index >= 15 is 0 Å². The molecule has 1 rings (SSSR count). The summed E-state index contributed by atoms with van der Waals surface area (Å²) < 4.78 is 0. The second kappa shape index (κ2) is 7.50. The summed E-state index contributed by atoms with van der Waals surface area (Å²) in [6.45, 7) is 9.03. The molecule has 5 heteroatoms. The Morgan fingerprint density at radius 2 is 2.00 bits per heavy atom. The fourth-order valence-corrected chi connectivity index (χ4v) is 2.88. The molecule has 0 radical (unpaired) electrons. The Bertz CT molecular complexity index is 346. The molecule has 20 heavy (non-hydrogen) atoms. The van der Waals surface area contributed by atoms with E-state index in [1.807, 2.05) is 13.8 Å². The lowest BCUT2D eigenvalue weighted by atomic mass is 9.86. The number of carbonyl (C=O) groups is 2. The fraction of sp³-hybridized carbons (Fsp3) is 0.867. The number of rotatable bonds is 5. The molecule has 2 amide bonds. The number of hydrogen-bond donors (Lipinski definition) is 2. The van der Waals surface area contributed by atoms with Gasteiger partial charge in [-0.25, -0.2) is 9.59 Å². The largest absolute Gasteiger partial charge is 0.480 e. The second-order valence-electron chi connectivity index (χ2n) is 6.19. The van der Waals surface area contributed by atoms with E-state index in [-0.39, 0.29) is 12.1 Å². The molecule has 0 aromatic rings. The molecule has 4 atom stereocenters. The van der Waals surface area contributed by atoms with Crippen LogP contribution in [0.2, 0.25) is 0 Å². The first-order valence-corrected chi connectivity index (χ1v) is 7.66. The summed E-state index contributed by atoms with van der Waals surface area (Å²) >= 11 is 0. The molecule has 1 aliphatic rings. The number of nitrogens with zero attached hydrogens (tertiary/aromatic N) is 1. The maximum Gasteiger partial charge on any atom is 0.326 e. The van der Waals surface area contributed by atoms with Gasteiger partial charge in [-0.2, -0.15) is 0 Å². The number of nitrogens with one attached hydrogen (secondary N) is 1. The lowest BCUT2D eigenvalue weighted by Gasteiger charge is -2.41. The van der Waals surface area contributed by atoms with Crippen molar-refractivity contribution in [1.82, 2.24) is 10.2 Å². The van der Waals surface area contributed by atoms with E-state index in [1.54, 1.807) is 4.90 Å². The highest BCUT2D eigenvalue weighted by Gasteiger charge is 2.33. The average Bonchev–Trinajstić information content (AvgIpc) is 2.38. The molecule has 0 saturated carbocycles.